The van der Waals surface area contributed by atoms with E-state index in [1.165, 1.54) is 19.2 Å². The number of allylic oxidation sites excluding steroid dienone is 2. The van der Waals surface area contributed by atoms with Gasteiger partial charge in [-0.3, -0.25) is 19.5 Å². The second-order valence-electron chi connectivity index (χ2n) is 10.1. The molecule has 2 aromatic rings. The predicted octanol–water partition coefficient (Wildman–Crippen LogP) is 6.17. The molecule has 1 aromatic carbocycles. The molecule has 1 aliphatic rings. The number of benzene rings is 1. The number of aldehydes is 1. The lowest BCUT2D eigenvalue weighted by molar-refractivity contribution is -0.104. The Morgan fingerprint density at radius 1 is 1.25 bits per heavy atom. The van der Waals surface area contributed by atoms with Crippen LogP contribution in [-0.4, -0.2) is 55.2 Å². The number of aryl methyl sites for hydroxylation is 2. The number of nitrogens with zero attached hydrogens (tertiary/aromatic N) is 3. The fourth-order valence-electron chi connectivity index (χ4n) is 4.96. The van der Waals surface area contributed by atoms with E-state index >= 15 is 0 Å². The number of hydrogen-bond donors (Lipinski definition) is 1. The molecular weight excluding hydrogens is 510 g/mol. The minimum absolute atomic E-state index is 0.0944. The number of aromatic nitrogens is 1. The Morgan fingerprint density at radius 2 is 1.98 bits per heavy atom. The molecule has 0 saturated heterocycles. The number of carbonyl (C=O) groups is 2. The van der Waals surface area contributed by atoms with E-state index in [-0.39, 0.29) is 23.3 Å². The molecule has 1 aromatic heterocycles. The summed E-state index contributed by atoms with van der Waals surface area (Å²) in [5.41, 5.74) is 6.37. The van der Waals surface area contributed by atoms with E-state index in [2.05, 4.69) is 41.2 Å². The lowest BCUT2D eigenvalue weighted by Crippen LogP contribution is -2.37. The van der Waals surface area contributed by atoms with Gasteiger partial charge in [0.1, 0.15) is 12.1 Å². The molecule has 0 spiro atoms. The van der Waals surface area contributed by atoms with E-state index in [0.29, 0.717) is 30.4 Å². The van der Waals surface area contributed by atoms with E-state index in [9.17, 15) is 18.4 Å². The highest BCUT2D eigenvalue weighted by molar-refractivity contribution is 5.94. The van der Waals surface area contributed by atoms with E-state index in [0.717, 1.165) is 46.3 Å². The molecule has 0 amide bonds. The summed E-state index contributed by atoms with van der Waals surface area (Å²) in [6, 6.07) is 5.01. The zero-order valence-corrected chi connectivity index (χ0v) is 24.3. The Hall–Kier alpha value is -3.91. The fraction of sp³-hybridized carbons (Fsp3) is 0.344. The first-order chi connectivity index (χ1) is 19.0. The second-order valence-corrected chi connectivity index (χ2v) is 10.1. The van der Waals surface area contributed by atoms with Crippen LogP contribution in [0.3, 0.4) is 0 Å². The molecule has 1 N–H and O–H groups in total. The van der Waals surface area contributed by atoms with Crippen LogP contribution in [0.25, 0.3) is 11.6 Å². The van der Waals surface area contributed by atoms with Crippen molar-refractivity contribution in [2.24, 2.45) is 0 Å². The van der Waals surface area contributed by atoms with Crippen molar-refractivity contribution in [3.63, 3.8) is 0 Å². The maximum atomic E-state index is 14.9. The third-order valence-electron chi connectivity index (χ3n) is 7.45. The minimum Gasteiger partial charge on any atom is -0.386 e. The van der Waals surface area contributed by atoms with Gasteiger partial charge in [0.2, 0.25) is 0 Å². The number of anilines is 1. The van der Waals surface area contributed by atoms with Crippen LogP contribution >= 0.6 is 0 Å². The lowest BCUT2D eigenvalue weighted by Gasteiger charge is -2.33. The monoisotopic (exact) mass is 548 g/mol. The van der Waals surface area contributed by atoms with Crippen molar-refractivity contribution in [1.82, 2.24) is 15.2 Å². The third kappa shape index (κ3) is 6.99. The van der Waals surface area contributed by atoms with Gasteiger partial charge < -0.3 is 10.2 Å². The highest BCUT2D eigenvalue weighted by Gasteiger charge is 2.23. The molecule has 8 heteroatoms. The van der Waals surface area contributed by atoms with Gasteiger partial charge in [0.25, 0.3) is 0 Å². The third-order valence-corrected chi connectivity index (χ3v) is 7.45. The van der Waals surface area contributed by atoms with Gasteiger partial charge in [0.15, 0.2) is 11.6 Å². The van der Waals surface area contributed by atoms with Gasteiger partial charge in [-0.1, -0.05) is 17.7 Å². The number of likely N-dealkylation sites (N-methyl/N-ethyl adjacent to an activating group) is 1. The summed E-state index contributed by atoms with van der Waals surface area (Å²) < 4.78 is 29.7. The molecule has 2 heterocycles. The predicted molar refractivity (Wildman–Crippen MR) is 158 cm³/mol. The maximum Gasteiger partial charge on any atom is 0.162 e. The Kier molecular flexibility index (Phi) is 10.3. The molecule has 0 fully saturated rings. The van der Waals surface area contributed by atoms with Gasteiger partial charge in [-0.2, -0.15) is 0 Å². The van der Waals surface area contributed by atoms with Crippen LogP contribution in [0, 0.1) is 19.7 Å². The maximum absolute atomic E-state index is 14.9. The van der Waals surface area contributed by atoms with Crippen molar-refractivity contribution in [1.29, 1.82) is 0 Å². The summed E-state index contributed by atoms with van der Waals surface area (Å²) in [6.45, 7) is 10.8. The van der Waals surface area contributed by atoms with Gasteiger partial charge in [0, 0.05) is 74.1 Å². The number of ketones is 1. The molecule has 1 unspecified atom stereocenters. The highest BCUT2D eigenvalue weighted by atomic mass is 19.1. The Bertz CT molecular complexity index is 1380. The molecule has 0 radical (unpaired) electrons. The van der Waals surface area contributed by atoms with Crippen LogP contribution in [-0.2, 0) is 4.79 Å². The normalized spacial score (nSPS) is 15.9. The van der Waals surface area contributed by atoms with Crippen LogP contribution in [0.4, 0.5) is 14.5 Å². The fourth-order valence-corrected chi connectivity index (χ4v) is 4.96. The summed E-state index contributed by atoms with van der Waals surface area (Å²) in [5.74, 6) is -1.07. The summed E-state index contributed by atoms with van der Waals surface area (Å²) in [4.78, 5) is 31.0. The van der Waals surface area contributed by atoms with Crippen molar-refractivity contribution >= 4 is 29.4 Å². The van der Waals surface area contributed by atoms with Crippen LogP contribution in [0.1, 0.15) is 59.9 Å². The summed E-state index contributed by atoms with van der Waals surface area (Å²) >= 11 is 0. The molecular formula is C32H38F2N4O2. The number of pyridine rings is 1. The summed E-state index contributed by atoms with van der Waals surface area (Å²) in [5, 5.41) is 2.69. The van der Waals surface area contributed by atoms with Gasteiger partial charge >= 0.3 is 0 Å². The lowest BCUT2D eigenvalue weighted by atomic mass is 9.92. The van der Waals surface area contributed by atoms with Crippen LogP contribution in [0.15, 0.2) is 59.8 Å². The first-order valence-corrected chi connectivity index (χ1v) is 13.3. The Morgan fingerprint density at radius 3 is 2.55 bits per heavy atom. The largest absolute Gasteiger partial charge is 0.386 e. The second kappa shape index (κ2) is 13.4. The Balaban J connectivity index is 1.84. The van der Waals surface area contributed by atoms with Gasteiger partial charge in [0.05, 0.1) is 11.4 Å². The zero-order chi connectivity index (χ0) is 29.6. The number of Topliss-reactive ketones (excluding diaryl/α,β-unsaturated/α-hetero) is 1. The first-order valence-electron chi connectivity index (χ1n) is 13.3. The van der Waals surface area contributed by atoms with Crippen LogP contribution in [0.5, 0.6) is 0 Å². The van der Waals surface area contributed by atoms with E-state index in [1.54, 1.807) is 31.3 Å². The number of hydrogen-bond acceptors (Lipinski definition) is 6. The van der Waals surface area contributed by atoms with Crippen molar-refractivity contribution < 1.29 is 18.4 Å². The summed E-state index contributed by atoms with van der Waals surface area (Å²) in [7, 11) is 3.30. The minimum atomic E-state index is -0.565. The van der Waals surface area contributed by atoms with E-state index in [1.807, 2.05) is 19.9 Å². The average molecular weight is 549 g/mol. The van der Waals surface area contributed by atoms with Gasteiger partial charge in [-0.25, -0.2) is 8.78 Å². The van der Waals surface area contributed by atoms with Crippen LogP contribution in [0.2, 0.25) is 0 Å². The molecule has 40 heavy (non-hydrogen) atoms. The van der Waals surface area contributed by atoms with Crippen molar-refractivity contribution in [2.45, 2.75) is 47.1 Å². The highest BCUT2D eigenvalue weighted by Crippen LogP contribution is 2.31. The number of halogens is 2. The SMILES string of the molecule is CNC(=C/C=O)/C(F)=C\N(C)c1ccnc(C)c1/C=C(\C)C(C)N1CC=C(c2c(C)cc(C(C)=O)cc2F)CC1. The molecule has 212 valence electrons. The van der Waals surface area contributed by atoms with Crippen molar-refractivity contribution in [3.05, 3.63) is 93.6 Å². The van der Waals surface area contributed by atoms with E-state index < -0.39 is 5.83 Å². The molecule has 1 aliphatic heterocycles. The number of nitrogens with one attached hydrogen (secondary N) is 1. The van der Waals surface area contributed by atoms with Gasteiger partial charge in [-0.15, -0.1) is 0 Å². The average Bonchev–Trinajstić information content (AvgIpc) is 2.92. The quantitative estimate of drug-likeness (QED) is 0.166. The zero-order valence-electron chi connectivity index (χ0n) is 24.3. The van der Waals surface area contributed by atoms with Gasteiger partial charge in [-0.05, 0) is 70.4 Å². The van der Waals surface area contributed by atoms with Crippen LogP contribution < -0.4 is 10.2 Å². The Labute approximate surface area is 235 Å². The molecule has 0 aliphatic carbocycles. The molecule has 0 bridgehead atoms. The molecule has 3 rings (SSSR count). The number of carbonyl (C=O) groups excluding carboxylic acids is 2. The topological polar surface area (TPSA) is 65.5 Å². The molecule has 1 atom stereocenters. The van der Waals surface area contributed by atoms with Crippen molar-refractivity contribution in [2.75, 3.05) is 32.1 Å². The molecule has 6 nitrogen and oxygen atoms in total. The standard InChI is InChI=1S/C32H38F2N4O2/c1-20(17-27-22(3)36-12-8-31(27)37(7)19-29(34)30(35-6)11-15-39)23(4)38-13-9-25(10-14-38)32-21(2)16-26(24(5)40)18-28(32)33/h8-9,11-12,15-19,23,35H,10,13-14H2,1-7H3/b20-17+,29-19+,30-11+. The van der Waals surface area contributed by atoms with E-state index in [4.69, 9.17) is 0 Å². The first kappa shape index (κ1) is 30.6. The smallest absolute Gasteiger partial charge is 0.162 e. The van der Waals surface area contributed by atoms with Crippen molar-refractivity contribution in [3.8, 4) is 0 Å². The molecule has 0 saturated carbocycles. The number of rotatable bonds is 10. The summed E-state index contributed by atoms with van der Waals surface area (Å²) in [6.07, 6.45) is 9.53.